The Labute approximate surface area is 198 Å². The van der Waals surface area contributed by atoms with E-state index in [0.717, 1.165) is 48.3 Å². The summed E-state index contributed by atoms with van der Waals surface area (Å²) in [5, 5.41) is 10.2. The highest BCUT2D eigenvalue weighted by Crippen LogP contribution is 2.28. The zero-order valence-corrected chi connectivity index (χ0v) is 19.6. The van der Waals surface area contributed by atoms with E-state index in [0.29, 0.717) is 28.6 Å². The van der Waals surface area contributed by atoms with Gasteiger partial charge in [-0.15, -0.1) is 0 Å². The zero-order chi connectivity index (χ0) is 23.4. The van der Waals surface area contributed by atoms with Crippen LogP contribution in [0.5, 0.6) is 0 Å². The summed E-state index contributed by atoms with van der Waals surface area (Å²) in [5.41, 5.74) is 3.39. The highest BCUT2D eigenvalue weighted by molar-refractivity contribution is 6.30. The molecular weight excluding hydrogens is 442 g/mol. The fraction of sp³-hybridized carbons (Fsp3) is 0.385. The summed E-state index contributed by atoms with van der Waals surface area (Å²) in [7, 11) is 0. The van der Waals surface area contributed by atoms with Gasteiger partial charge in [0, 0.05) is 10.6 Å². The maximum atomic E-state index is 11.6. The molecule has 6 nitrogen and oxygen atoms in total. The molecule has 174 valence electrons. The SMILES string of the molecule is Cc1cccc(COC2CCCC(OCc3nc(-c4cccc(Cl)c4)oc3C)C2)c1C(=O)O. The number of benzene rings is 2. The summed E-state index contributed by atoms with van der Waals surface area (Å²) in [4.78, 5) is 16.2. The van der Waals surface area contributed by atoms with E-state index in [9.17, 15) is 9.90 Å². The number of hydrogen-bond acceptors (Lipinski definition) is 5. The number of carboxylic acids is 1. The molecule has 2 aromatic carbocycles. The topological polar surface area (TPSA) is 81.8 Å². The number of aryl methyl sites for hydroxylation is 2. The molecule has 1 N–H and O–H groups in total. The molecule has 1 heterocycles. The second kappa shape index (κ2) is 10.5. The van der Waals surface area contributed by atoms with Crippen LogP contribution in [0.3, 0.4) is 0 Å². The molecule has 4 rings (SSSR count). The minimum Gasteiger partial charge on any atom is -0.478 e. The maximum absolute atomic E-state index is 11.6. The van der Waals surface area contributed by atoms with Crippen molar-refractivity contribution in [3.05, 3.63) is 75.6 Å². The quantitative estimate of drug-likeness (QED) is 0.413. The van der Waals surface area contributed by atoms with Crippen molar-refractivity contribution >= 4 is 17.6 Å². The van der Waals surface area contributed by atoms with Crippen LogP contribution in [0.4, 0.5) is 0 Å². The first kappa shape index (κ1) is 23.5. The molecule has 0 saturated heterocycles. The van der Waals surface area contributed by atoms with E-state index in [1.165, 1.54) is 0 Å². The van der Waals surface area contributed by atoms with Gasteiger partial charge >= 0.3 is 5.97 Å². The Balaban J connectivity index is 1.33. The second-order valence-electron chi connectivity index (χ2n) is 8.48. The highest BCUT2D eigenvalue weighted by atomic mass is 35.5. The van der Waals surface area contributed by atoms with E-state index in [2.05, 4.69) is 4.98 Å². The molecule has 33 heavy (non-hydrogen) atoms. The molecule has 3 aromatic rings. The zero-order valence-electron chi connectivity index (χ0n) is 18.8. The lowest BCUT2D eigenvalue weighted by molar-refractivity contribution is -0.0564. The number of aromatic nitrogens is 1. The van der Waals surface area contributed by atoms with Crippen LogP contribution in [0.2, 0.25) is 5.02 Å². The van der Waals surface area contributed by atoms with Crippen LogP contribution < -0.4 is 0 Å². The van der Waals surface area contributed by atoms with Crippen molar-refractivity contribution in [3.63, 3.8) is 0 Å². The molecule has 7 heteroatoms. The van der Waals surface area contributed by atoms with Gasteiger partial charge in [-0.05, 0) is 68.9 Å². The molecular formula is C26H28ClNO5. The molecule has 1 aliphatic rings. The lowest BCUT2D eigenvalue weighted by Gasteiger charge is -2.29. The summed E-state index contributed by atoms with van der Waals surface area (Å²) in [6.45, 7) is 4.34. The molecule has 1 saturated carbocycles. The molecule has 1 aromatic heterocycles. The number of aromatic carboxylic acids is 1. The summed E-state index contributed by atoms with van der Waals surface area (Å²) in [5.74, 6) is 0.344. The fourth-order valence-electron chi connectivity index (χ4n) is 4.27. The van der Waals surface area contributed by atoms with Crippen LogP contribution in [-0.4, -0.2) is 28.3 Å². The minimum absolute atomic E-state index is 0.0336. The van der Waals surface area contributed by atoms with E-state index >= 15 is 0 Å². The van der Waals surface area contributed by atoms with Crippen molar-refractivity contribution in [2.45, 2.75) is 65.0 Å². The van der Waals surface area contributed by atoms with Crippen LogP contribution in [0, 0.1) is 13.8 Å². The van der Waals surface area contributed by atoms with Crippen LogP contribution in [0.1, 0.15) is 58.6 Å². The maximum Gasteiger partial charge on any atom is 0.336 e. The first-order valence-electron chi connectivity index (χ1n) is 11.2. The summed E-state index contributed by atoms with van der Waals surface area (Å²) in [6.07, 6.45) is 3.77. The fourth-order valence-corrected chi connectivity index (χ4v) is 4.46. The lowest BCUT2D eigenvalue weighted by atomic mass is 9.94. The number of hydrogen-bond donors (Lipinski definition) is 1. The number of halogens is 1. The van der Waals surface area contributed by atoms with Gasteiger partial charge in [-0.2, -0.15) is 0 Å². The Morgan fingerprint density at radius 2 is 1.85 bits per heavy atom. The average molecular weight is 470 g/mol. The number of carbonyl (C=O) groups is 1. The largest absolute Gasteiger partial charge is 0.478 e. The van der Waals surface area contributed by atoms with Crippen LogP contribution >= 0.6 is 11.6 Å². The standard InChI is InChI=1S/C26H28ClNO5/c1-16-6-3-8-19(24(16)26(29)30)14-31-21-10-5-11-22(13-21)32-15-23-17(2)33-25(28-23)18-7-4-9-20(27)12-18/h3-4,6-9,12,21-22H,5,10-11,13-15H2,1-2H3,(H,29,30). The normalized spacial score (nSPS) is 18.4. The summed E-state index contributed by atoms with van der Waals surface area (Å²) >= 11 is 6.08. The van der Waals surface area contributed by atoms with Crippen molar-refractivity contribution in [2.24, 2.45) is 0 Å². The monoisotopic (exact) mass is 469 g/mol. The van der Waals surface area contributed by atoms with Crippen molar-refractivity contribution in [1.82, 2.24) is 4.98 Å². The average Bonchev–Trinajstić information content (AvgIpc) is 3.17. The first-order chi connectivity index (χ1) is 15.9. The molecule has 0 amide bonds. The number of carboxylic acid groups (broad SMARTS) is 1. The molecule has 0 bridgehead atoms. The van der Waals surface area contributed by atoms with Gasteiger partial charge in [0.25, 0.3) is 0 Å². The van der Waals surface area contributed by atoms with E-state index in [1.54, 1.807) is 13.0 Å². The molecule has 0 spiro atoms. The van der Waals surface area contributed by atoms with Crippen molar-refractivity contribution in [1.29, 1.82) is 0 Å². The minimum atomic E-state index is -0.920. The number of ether oxygens (including phenoxy) is 2. The van der Waals surface area contributed by atoms with Gasteiger partial charge in [0.1, 0.15) is 11.5 Å². The van der Waals surface area contributed by atoms with Gasteiger partial charge in [0.2, 0.25) is 5.89 Å². The van der Waals surface area contributed by atoms with Crippen molar-refractivity contribution in [3.8, 4) is 11.5 Å². The van der Waals surface area contributed by atoms with Gasteiger partial charge in [-0.1, -0.05) is 35.9 Å². The molecule has 2 atom stereocenters. The summed E-state index contributed by atoms with van der Waals surface area (Å²) in [6, 6.07) is 12.9. The Morgan fingerprint density at radius 1 is 1.12 bits per heavy atom. The predicted octanol–water partition coefficient (Wildman–Crippen LogP) is 6.35. The number of rotatable bonds is 8. The van der Waals surface area contributed by atoms with Gasteiger partial charge in [0.05, 0.1) is 31.0 Å². The summed E-state index contributed by atoms with van der Waals surface area (Å²) < 4.78 is 18.1. The molecule has 0 radical (unpaired) electrons. The van der Waals surface area contributed by atoms with Crippen molar-refractivity contribution < 1.29 is 23.8 Å². The number of oxazole rings is 1. The Morgan fingerprint density at radius 3 is 2.58 bits per heavy atom. The van der Waals surface area contributed by atoms with Gasteiger partial charge in [-0.3, -0.25) is 0 Å². The molecule has 2 unspecified atom stereocenters. The van der Waals surface area contributed by atoms with E-state index < -0.39 is 5.97 Å². The highest BCUT2D eigenvalue weighted by Gasteiger charge is 2.25. The first-order valence-corrected chi connectivity index (χ1v) is 11.6. The van der Waals surface area contributed by atoms with Crippen molar-refractivity contribution in [2.75, 3.05) is 0 Å². The third-order valence-corrected chi connectivity index (χ3v) is 6.28. The molecule has 1 aliphatic carbocycles. The van der Waals surface area contributed by atoms with Crippen LogP contribution in [0.25, 0.3) is 11.5 Å². The van der Waals surface area contributed by atoms with Crippen LogP contribution in [-0.2, 0) is 22.7 Å². The van der Waals surface area contributed by atoms with Gasteiger partial charge in [0.15, 0.2) is 0 Å². The number of nitrogens with zero attached hydrogens (tertiary/aromatic N) is 1. The van der Waals surface area contributed by atoms with E-state index in [-0.39, 0.29) is 18.8 Å². The van der Waals surface area contributed by atoms with E-state index in [4.69, 9.17) is 25.5 Å². The third-order valence-electron chi connectivity index (χ3n) is 6.05. The predicted molar refractivity (Wildman–Crippen MR) is 125 cm³/mol. The molecule has 0 aliphatic heterocycles. The van der Waals surface area contributed by atoms with Gasteiger partial charge in [-0.25, -0.2) is 9.78 Å². The van der Waals surface area contributed by atoms with E-state index in [1.807, 2.05) is 43.3 Å². The Bertz CT molecular complexity index is 1130. The lowest BCUT2D eigenvalue weighted by Crippen LogP contribution is -2.28. The Hall–Kier alpha value is -2.67. The third kappa shape index (κ3) is 5.82. The van der Waals surface area contributed by atoms with Gasteiger partial charge < -0.3 is 19.0 Å². The molecule has 1 fully saturated rings. The van der Waals surface area contributed by atoms with Crippen LogP contribution in [0.15, 0.2) is 46.9 Å². The smallest absolute Gasteiger partial charge is 0.336 e. The second-order valence-corrected chi connectivity index (χ2v) is 8.92. The Kier molecular flexibility index (Phi) is 7.48.